The molecule has 3 heterocycles. The van der Waals surface area contributed by atoms with Gasteiger partial charge in [0, 0.05) is 41.9 Å². The Hall–Kier alpha value is -4.04. The van der Waals surface area contributed by atoms with Crippen molar-refractivity contribution in [3.63, 3.8) is 0 Å². The van der Waals surface area contributed by atoms with Crippen LogP contribution in [-0.2, 0) is 4.79 Å². The number of aromatic nitrogens is 2. The SMILES string of the molecule is Cc1ccc(C)c(NC(=O)CCN2C(=S)N[C@@H](c3ccccn3)[C@H]2c2cc(C)n(-c3cccc(F)c3)c2C)c1. The fourth-order valence-corrected chi connectivity index (χ4v) is 5.72. The zero-order valence-corrected chi connectivity index (χ0v) is 23.3. The van der Waals surface area contributed by atoms with Crippen molar-refractivity contribution in [1.29, 1.82) is 0 Å². The summed E-state index contributed by atoms with van der Waals surface area (Å²) in [6, 6.07) is 20.2. The van der Waals surface area contributed by atoms with E-state index in [2.05, 4.69) is 31.2 Å². The average Bonchev–Trinajstić information content (AvgIpc) is 3.39. The summed E-state index contributed by atoms with van der Waals surface area (Å²) in [5, 5.41) is 7.09. The van der Waals surface area contributed by atoms with Crippen LogP contribution in [0.25, 0.3) is 5.69 Å². The average molecular weight is 542 g/mol. The molecule has 8 heteroatoms. The lowest BCUT2D eigenvalue weighted by Crippen LogP contribution is -2.33. The van der Waals surface area contributed by atoms with E-state index in [1.54, 1.807) is 12.3 Å². The number of anilines is 1. The monoisotopic (exact) mass is 541 g/mol. The second-order valence-electron chi connectivity index (χ2n) is 10.1. The number of carbonyl (C=O) groups excluding carboxylic acids is 1. The molecular formula is C31H32FN5OS. The summed E-state index contributed by atoms with van der Waals surface area (Å²) in [6.07, 6.45) is 2.04. The molecule has 4 aromatic rings. The van der Waals surface area contributed by atoms with E-state index >= 15 is 0 Å². The minimum absolute atomic E-state index is 0.0724. The molecule has 0 saturated carbocycles. The van der Waals surface area contributed by atoms with Gasteiger partial charge in [0.25, 0.3) is 0 Å². The van der Waals surface area contributed by atoms with Crippen LogP contribution >= 0.6 is 12.2 Å². The zero-order valence-electron chi connectivity index (χ0n) is 22.5. The Morgan fingerprint density at radius 2 is 1.87 bits per heavy atom. The molecule has 2 atom stereocenters. The summed E-state index contributed by atoms with van der Waals surface area (Å²) in [7, 11) is 0. The van der Waals surface area contributed by atoms with E-state index in [1.807, 2.05) is 70.2 Å². The predicted molar refractivity (Wildman–Crippen MR) is 157 cm³/mol. The summed E-state index contributed by atoms with van der Waals surface area (Å²) < 4.78 is 16.2. The van der Waals surface area contributed by atoms with Crippen LogP contribution in [0.15, 0.2) is 72.9 Å². The van der Waals surface area contributed by atoms with Crippen molar-refractivity contribution in [1.82, 2.24) is 19.8 Å². The Morgan fingerprint density at radius 3 is 2.62 bits per heavy atom. The van der Waals surface area contributed by atoms with Crippen molar-refractivity contribution >= 4 is 28.9 Å². The van der Waals surface area contributed by atoms with E-state index < -0.39 is 0 Å². The third kappa shape index (κ3) is 5.43. The number of nitrogens with one attached hydrogen (secondary N) is 2. The van der Waals surface area contributed by atoms with Gasteiger partial charge in [-0.05, 0) is 99.1 Å². The molecule has 0 aliphatic carbocycles. The summed E-state index contributed by atoms with van der Waals surface area (Å²) in [6.45, 7) is 8.47. The van der Waals surface area contributed by atoms with Crippen LogP contribution in [-0.4, -0.2) is 32.0 Å². The summed E-state index contributed by atoms with van der Waals surface area (Å²) in [5.74, 6) is -0.357. The number of nitrogens with zero attached hydrogens (tertiary/aromatic N) is 3. The van der Waals surface area contributed by atoms with E-state index in [9.17, 15) is 9.18 Å². The third-order valence-electron chi connectivity index (χ3n) is 7.30. The highest BCUT2D eigenvalue weighted by Crippen LogP contribution is 2.41. The molecule has 1 aliphatic rings. The van der Waals surface area contributed by atoms with Crippen LogP contribution in [0.4, 0.5) is 10.1 Å². The van der Waals surface area contributed by atoms with Crippen molar-refractivity contribution in [2.45, 2.75) is 46.2 Å². The highest BCUT2D eigenvalue weighted by Gasteiger charge is 2.41. The predicted octanol–water partition coefficient (Wildman–Crippen LogP) is 6.25. The summed E-state index contributed by atoms with van der Waals surface area (Å²) >= 11 is 5.81. The number of pyridine rings is 1. The van der Waals surface area contributed by atoms with E-state index in [1.165, 1.54) is 12.1 Å². The van der Waals surface area contributed by atoms with Crippen LogP contribution in [0.2, 0.25) is 0 Å². The highest BCUT2D eigenvalue weighted by atomic mass is 32.1. The molecule has 6 nitrogen and oxygen atoms in total. The Labute approximate surface area is 233 Å². The number of carbonyl (C=O) groups is 1. The molecular weight excluding hydrogens is 509 g/mol. The molecule has 2 N–H and O–H groups in total. The van der Waals surface area contributed by atoms with Gasteiger partial charge in [-0.2, -0.15) is 0 Å². The number of benzene rings is 2. The second-order valence-corrected chi connectivity index (χ2v) is 10.5. The molecule has 200 valence electrons. The lowest BCUT2D eigenvalue weighted by molar-refractivity contribution is -0.116. The van der Waals surface area contributed by atoms with Crippen molar-refractivity contribution in [3.8, 4) is 5.69 Å². The van der Waals surface area contributed by atoms with Gasteiger partial charge in [0.2, 0.25) is 5.91 Å². The fourth-order valence-electron chi connectivity index (χ4n) is 5.39. The van der Waals surface area contributed by atoms with Crippen molar-refractivity contribution in [2.24, 2.45) is 0 Å². The first kappa shape index (κ1) is 26.6. The van der Waals surface area contributed by atoms with Crippen molar-refractivity contribution in [2.75, 3.05) is 11.9 Å². The molecule has 0 unspecified atom stereocenters. The van der Waals surface area contributed by atoms with Gasteiger partial charge in [-0.25, -0.2) is 4.39 Å². The molecule has 1 fully saturated rings. The van der Waals surface area contributed by atoms with Crippen LogP contribution in [0.1, 0.15) is 52.3 Å². The van der Waals surface area contributed by atoms with Gasteiger partial charge in [-0.3, -0.25) is 9.78 Å². The van der Waals surface area contributed by atoms with Crippen molar-refractivity contribution in [3.05, 3.63) is 113 Å². The number of thiocarbonyl (C=S) groups is 1. The minimum Gasteiger partial charge on any atom is -0.352 e. The smallest absolute Gasteiger partial charge is 0.226 e. The zero-order chi connectivity index (χ0) is 27.7. The first-order valence-electron chi connectivity index (χ1n) is 13.0. The van der Waals surface area contributed by atoms with Gasteiger partial charge in [0.05, 0.1) is 17.8 Å². The van der Waals surface area contributed by atoms with Crippen LogP contribution in [0.3, 0.4) is 0 Å². The fraction of sp³-hybridized carbons (Fsp3) is 0.258. The number of hydrogen-bond acceptors (Lipinski definition) is 3. The maximum absolute atomic E-state index is 14.1. The summed E-state index contributed by atoms with van der Waals surface area (Å²) in [5.41, 5.74) is 7.58. The van der Waals surface area contributed by atoms with Gasteiger partial charge in [-0.1, -0.05) is 24.3 Å². The largest absolute Gasteiger partial charge is 0.352 e. The molecule has 0 radical (unpaired) electrons. The molecule has 1 amide bonds. The van der Waals surface area contributed by atoms with Gasteiger partial charge in [-0.15, -0.1) is 0 Å². The molecule has 0 bridgehead atoms. The van der Waals surface area contributed by atoms with Gasteiger partial charge < -0.3 is 20.1 Å². The molecule has 1 aliphatic heterocycles. The van der Waals surface area contributed by atoms with Crippen molar-refractivity contribution < 1.29 is 9.18 Å². The third-order valence-corrected chi connectivity index (χ3v) is 7.65. The molecule has 0 spiro atoms. The lowest BCUT2D eigenvalue weighted by Gasteiger charge is -2.28. The highest BCUT2D eigenvalue weighted by molar-refractivity contribution is 7.80. The number of halogens is 1. The first-order valence-corrected chi connectivity index (χ1v) is 13.4. The van der Waals surface area contributed by atoms with Crippen LogP contribution < -0.4 is 10.6 Å². The molecule has 5 rings (SSSR count). The Morgan fingerprint density at radius 1 is 1.05 bits per heavy atom. The standard InChI is InChI=1S/C31H32FN5OS/c1-19-11-12-20(2)27(16-19)34-28(38)13-15-36-30(29(35-31(36)39)26-10-5-6-14-33-26)25-17-21(3)37(22(25)4)24-9-7-8-23(32)18-24/h5-12,14,16-18,29-30H,13,15H2,1-4H3,(H,34,38)(H,35,39)/t29-,30+/m0/s1. The first-order chi connectivity index (χ1) is 18.7. The topological polar surface area (TPSA) is 62.2 Å². The maximum atomic E-state index is 14.1. The minimum atomic E-state index is -0.284. The number of aryl methyl sites for hydroxylation is 3. The van der Waals surface area contributed by atoms with Gasteiger partial charge >= 0.3 is 0 Å². The van der Waals surface area contributed by atoms with E-state index in [0.29, 0.717) is 11.7 Å². The molecule has 1 saturated heterocycles. The number of amides is 1. The number of rotatable bonds is 7. The normalized spacial score (nSPS) is 16.8. The number of hydrogen-bond donors (Lipinski definition) is 2. The van der Waals surface area contributed by atoms with E-state index in [4.69, 9.17) is 12.2 Å². The maximum Gasteiger partial charge on any atom is 0.226 e. The van der Waals surface area contributed by atoms with Gasteiger partial charge in [0.1, 0.15) is 5.82 Å². The molecule has 2 aromatic carbocycles. The van der Waals surface area contributed by atoms with E-state index in [-0.39, 0.29) is 30.2 Å². The van der Waals surface area contributed by atoms with Crippen LogP contribution in [0.5, 0.6) is 0 Å². The van der Waals surface area contributed by atoms with E-state index in [0.717, 1.165) is 45.1 Å². The molecule has 39 heavy (non-hydrogen) atoms. The quantitative estimate of drug-likeness (QED) is 0.271. The Bertz CT molecular complexity index is 1530. The van der Waals surface area contributed by atoms with Gasteiger partial charge in [0.15, 0.2) is 5.11 Å². The molecule has 2 aromatic heterocycles. The Kier molecular flexibility index (Phi) is 7.48. The Balaban J connectivity index is 1.47. The lowest BCUT2D eigenvalue weighted by atomic mass is 9.96. The summed E-state index contributed by atoms with van der Waals surface area (Å²) in [4.78, 5) is 19.7. The second kappa shape index (κ2) is 11.0. The van der Waals surface area contributed by atoms with Crippen LogP contribution in [0, 0.1) is 33.5 Å².